The number of methoxy groups -OCH3 is 1. The SMILES string of the molecule is COc1cnc(CSc2nc(C)cs2)cc1OCC(=O)NCCc1ccccc1. The molecule has 1 amide bonds. The topological polar surface area (TPSA) is 73.3 Å². The minimum absolute atomic E-state index is 0.0760. The second kappa shape index (κ2) is 10.8. The van der Waals surface area contributed by atoms with Crippen molar-refractivity contribution >= 4 is 29.0 Å². The summed E-state index contributed by atoms with van der Waals surface area (Å²) in [5.74, 6) is 1.50. The highest BCUT2D eigenvalue weighted by atomic mass is 32.2. The molecule has 1 aromatic carbocycles. The van der Waals surface area contributed by atoms with Crippen LogP contribution in [0.3, 0.4) is 0 Å². The van der Waals surface area contributed by atoms with Crippen LogP contribution in [0, 0.1) is 6.92 Å². The number of ether oxygens (including phenoxy) is 2. The molecule has 152 valence electrons. The monoisotopic (exact) mass is 429 g/mol. The molecule has 0 saturated heterocycles. The molecule has 6 nitrogen and oxygen atoms in total. The van der Waals surface area contributed by atoms with Gasteiger partial charge in [0.25, 0.3) is 5.91 Å². The quantitative estimate of drug-likeness (QED) is 0.493. The number of carbonyl (C=O) groups is 1. The molecule has 0 spiro atoms. The number of thioether (sulfide) groups is 1. The van der Waals surface area contributed by atoms with Gasteiger partial charge in [-0.05, 0) is 18.9 Å². The van der Waals surface area contributed by atoms with Gasteiger partial charge in [-0.25, -0.2) is 4.98 Å². The van der Waals surface area contributed by atoms with Gasteiger partial charge >= 0.3 is 0 Å². The van der Waals surface area contributed by atoms with Crippen LogP contribution < -0.4 is 14.8 Å². The van der Waals surface area contributed by atoms with E-state index in [1.165, 1.54) is 5.56 Å². The third-order valence-electron chi connectivity index (χ3n) is 3.99. The molecule has 1 N–H and O–H groups in total. The van der Waals surface area contributed by atoms with Gasteiger partial charge in [-0.3, -0.25) is 9.78 Å². The van der Waals surface area contributed by atoms with E-state index < -0.39 is 0 Å². The summed E-state index contributed by atoms with van der Waals surface area (Å²) in [5, 5.41) is 4.89. The number of hydrogen-bond acceptors (Lipinski definition) is 7. The highest BCUT2D eigenvalue weighted by molar-refractivity contribution is 8.00. The van der Waals surface area contributed by atoms with Crippen LogP contribution in [-0.4, -0.2) is 36.1 Å². The maximum Gasteiger partial charge on any atom is 0.257 e. The molecule has 0 fully saturated rings. The van der Waals surface area contributed by atoms with Crippen molar-refractivity contribution in [3.8, 4) is 11.5 Å². The molecular formula is C21H23N3O3S2. The number of pyridine rings is 1. The van der Waals surface area contributed by atoms with Crippen molar-refractivity contribution in [3.63, 3.8) is 0 Å². The van der Waals surface area contributed by atoms with Gasteiger partial charge in [0.2, 0.25) is 0 Å². The molecule has 0 radical (unpaired) electrons. The standard InChI is InChI=1S/C21H23N3O3S2/c1-15-13-28-21(24-15)29-14-17-10-18(19(26-2)11-23-17)27-12-20(25)22-9-8-16-6-4-3-5-7-16/h3-7,10-11,13H,8-9,12,14H2,1-2H3,(H,22,25). The highest BCUT2D eigenvalue weighted by Crippen LogP contribution is 2.30. The first-order valence-corrected chi connectivity index (χ1v) is 11.0. The first-order chi connectivity index (χ1) is 14.1. The smallest absolute Gasteiger partial charge is 0.257 e. The van der Waals surface area contributed by atoms with Crippen LogP contribution in [0.4, 0.5) is 0 Å². The molecule has 2 heterocycles. The summed E-state index contributed by atoms with van der Waals surface area (Å²) in [6.07, 6.45) is 2.40. The van der Waals surface area contributed by atoms with Crippen LogP contribution in [0.2, 0.25) is 0 Å². The Labute approximate surface area is 178 Å². The predicted octanol–water partition coefficient (Wildman–Crippen LogP) is 3.89. The van der Waals surface area contributed by atoms with Crippen molar-refractivity contribution < 1.29 is 14.3 Å². The minimum atomic E-state index is -0.172. The summed E-state index contributed by atoms with van der Waals surface area (Å²) in [5.41, 5.74) is 3.03. The Morgan fingerprint density at radius 3 is 2.79 bits per heavy atom. The van der Waals surface area contributed by atoms with Gasteiger partial charge in [-0.15, -0.1) is 11.3 Å². The molecule has 0 atom stereocenters. The van der Waals surface area contributed by atoms with Gasteiger partial charge in [0.05, 0.1) is 19.0 Å². The van der Waals surface area contributed by atoms with Crippen molar-refractivity contribution in [3.05, 3.63) is 64.9 Å². The van der Waals surface area contributed by atoms with Crippen LogP contribution in [-0.2, 0) is 17.0 Å². The molecule has 3 aromatic rings. The molecule has 0 unspecified atom stereocenters. The predicted molar refractivity (Wildman–Crippen MR) is 116 cm³/mol. The van der Waals surface area contributed by atoms with Gasteiger partial charge in [0.15, 0.2) is 18.1 Å². The zero-order chi connectivity index (χ0) is 20.5. The third kappa shape index (κ3) is 6.76. The van der Waals surface area contributed by atoms with Crippen LogP contribution in [0.1, 0.15) is 17.0 Å². The number of aromatic nitrogens is 2. The van der Waals surface area contributed by atoms with Crippen LogP contribution in [0.25, 0.3) is 0 Å². The molecule has 3 rings (SSSR count). The Bertz CT molecular complexity index is 932. The Kier molecular flexibility index (Phi) is 7.89. The molecule has 0 saturated carbocycles. The summed E-state index contributed by atoms with van der Waals surface area (Å²) in [6, 6.07) is 11.8. The van der Waals surface area contributed by atoms with Gasteiger partial charge in [0, 0.05) is 29.4 Å². The number of nitrogens with zero attached hydrogens (tertiary/aromatic N) is 2. The van der Waals surface area contributed by atoms with Crippen molar-refractivity contribution in [1.82, 2.24) is 15.3 Å². The lowest BCUT2D eigenvalue weighted by atomic mass is 10.1. The molecular weight excluding hydrogens is 406 g/mol. The second-order valence-electron chi connectivity index (χ2n) is 6.24. The number of nitrogens with one attached hydrogen (secondary N) is 1. The van der Waals surface area contributed by atoms with Crippen molar-refractivity contribution in [2.24, 2.45) is 0 Å². The van der Waals surface area contributed by atoms with E-state index >= 15 is 0 Å². The van der Waals surface area contributed by atoms with Gasteiger partial charge in [0.1, 0.15) is 4.34 Å². The molecule has 0 aliphatic carbocycles. The Balaban J connectivity index is 1.49. The number of carbonyl (C=O) groups excluding carboxylic acids is 1. The van der Waals surface area contributed by atoms with E-state index in [9.17, 15) is 4.79 Å². The summed E-state index contributed by atoms with van der Waals surface area (Å²) < 4.78 is 12.0. The normalized spacial score (nSPS) is 10.6. The lowest BCUT2D eigenvalue weighted by Crippen LogP contribution is -2.30. The number of aryl methyl sites for hydroxylation is 1. The van der Waals surface area contributed by atoms with Gasteiger partial charge in [-0.2, -0.15) is 0 Å². The fourth-order valence-electron chi connectivity index (χ4n) is 2.53. The largest absolute Gasteiger partial charge is 0.491 e. The molecule has 0 aliphatic rings. The average Bonchev–Trinajstić information content (AvgIpc) is 3.16. The first kappa shape index (κ1) is 21.1. The molecule has 29 heavy (non-hydrogen) atoms. The third-order valence-corrected chi connectivity index (χ3v) is 6.16. The van der Waals surface area contributed by atoms with Crippen molar-refractivity contribution in [1.29, 1.82) is 0 Å². The molecule has 0 aliphatic heterocycles. The molecule has 0 bridgehead atoms. The van der Waals surface area contributed by atoms with E-state index in [0.29, 0.717) is 23.8 Å². The number of benzene rings is 1. The summed E-state index contributed by atoms with van der Waals surface area (Å²) in [6.45, 7) is 2.46. The Morgan fingerprint density at radius 1 is 1.24 bits per heavy atom. The van der Waals surface area contributed by atoms with Crippen LogP contribution >= 0.6 is 23.1 Å². The van der Waals surface area contributed by atoms with Crippen molar-refractivity contribution in [2.45, 2.75) is 23.4 Å². The van der Waals surface area contributed by atoms with E-state index in [4.69, 9.17) is 9.47 Å². The lowest BCUT2D eigenvalue weighted by Gasteiger charge is -2.12. The maximum absolute atomic E-state index is 12.1. The van der Waals surface area contributed by atoms with Gasteiger partial charge < -0.3 is 14.8 Å². The Hall–Kier alpha value is -2.58. The summed E-state index contributed by atoms with van der Waals surface area (Å²) in [7, 11) is 1.55. The molecule has 2 aromatic heterocycles. The van der Waals surface area contributed by atoms with Crippen LogP contribution in [0.5, 0.6) is 11.5 Å². The van der Waals surface area contributed by atoms with E-state index in [0.717, 1.165) is 22.1 Å². The lowest BCUT2D eigenvalue weighted by molar-refractivity contribution is -0.123. The first-order valence-electron chi connectivity index (χ1n) is 9.15. The van der Waals surface area contributed by atoms with E-state index in [1.54, 1.807) is 36.4 Å². The number of amides is 1. The van der Waals surface area contributed by atoms with E-state index in [2.05, 4.69) is 15.3 Å². The second-order valence-corrected chi connectivity index (χ2v) is 8.32. The zero-order valence-corrected chi connectivity index (χ0v) is 18.0. The highest BCUT2D eigenvalue weighted by Gasteiger charge is 2.11. The number of thiazole rings is 1. The number of hydrogen-bond donors (Lipinski definition) is 1. The molecule has 8 heteroatoms. The van der Waals surface area contributed by atoms with E-state index in [1.807, 2.05) is 48.7 Å². The zero-order valence-electron chi connectivity index (χ0n) is 16.4. The minimum Gasteiger partial charge on any atom is -0.491 e. The maximum atomic E-state index is 12.1. The van der Waals surface area contributed by atoms with Crippen LogP contribution in [0.15, 0.2) is 52.3 Å². The fourth-order valence-corrected chi connectivity index (χ4v) is 4.28. The Morgan fingerprint density at radius 2 is 2.07 bits per heavy atom. The fraction of sp³-hybridized carbons (Fsp3) is 0.286. The average molecular weight is 430 g/mol. The summed E-state index contributed by atoms with van der Waals surface area (Å²) in [4.78, 5) is 20.9. The van der Waals surface area contributed by atoms with E-state index in [-0.39, 0.29) is 12.5 Å². The van der Waals surface area contributed by atoms with Crippen molar-refractivity contribution in [2.75, 3.05) is 20.3 Å². The summed E-state index contributed by atoms with van der Waals surface area (Å²) >= 11 is 3.24. The van der Waals surface area contributed by atoms with Gasteiger partial charge in [-0.1, -0.05) is 42.1 Å². The number of rotatable bonds is 10.